The van der Waals surface area contributed by atoms with Crippen molar-refractivity contribution in [3.05, 3.63) is 0 Å². The van der Waals surface area contributed by atoms with E-state index in [0.717, 1.165) is 38.8 Å². The Labute approximate surface area is 112 Å². The quantitative estimate of drug-likeness (QED) is 0.607. The van der Waals surface area contributed by atoms with Crippen molar-refractivity contribution in [3.63, 3.8) is 0 Å². The summed E-state index contributed by atoms with van der Waals surface area (Å²) in [6.07, 6.45) is 4.00. The van der Waals surface area contributed by atoms with Crippen molar-refractivity contribution in [1.82, 2.24) is 13.9 Å². The first-order valence-electron chi connectivity index (χ1n) is 6.97. The smallest absolute Gasteiger partial charge is 0.281 e. The summed E-state index contributed by atoms with van der Waals surface area (Å²) in [6, 6.07) is 0.251. The van der Waals surface area contributed by atoms with Gasteiger partial charge in [0.1, 0.15) is 0 Å². The number of rotatable bonds is 10. The van der Waals surface area contributed by atoms with E-state index >= 15 is 0 Å². The van der Waals surface area contributed by atoms with Crippen LogP contribution in [0.4, 0.5) is 0 Å². The van der Waals surface area contributed by atoms with Gasteiger partial charge in [-0.05, 0) is 38.8 Å². The Kier molecular flexibility index (Phi) is 6.55. The Hall–Kier alpha value is -0.170. The SMILES string of the molecule is CCCNCCCN(C)S(=O)(=O)N(CC)C1CC1. The molecule has 18 heavy (non-hydrogen) atoms. The third-order valence-corrected chi connectivity index (χ3v) is 5.33. The molecule has 0 aromatic rings. The molecule has 1 rings (SSSR count). The molecule has 1 aliphatic carbocycles. The molecule has 0 bridgehead atoms. The lowest BCUT2D eigenvalue weighted by molar-refractivity contribution is 0.359. The lowest BCUT2D eigenvalue weighted by Crippen LogP contribution is -2.43. The molecule has 108 valence electrons. The van der Waals surface area contributed by atoms with Gasteiger partial charge >= 0.3 is 0 Å². The van der Waals surface area contributed by atoms with Crippen LogP contribution in [0.25, 0.3) is 0 Å². The van der Waals surface area contributed by atoms with E-state index in [4.69, 9.17) is 0 Å². The van der Waals surface area contributed by atoms with E-state index in [1.54, 1.807) is 11.4 Å². The fourth-order valence-electron chi connectivity index (χ4n) is 2.00. The summed E-state index contributed by atoms with van der Waals surface area (Å²) in [5, 5.41) is 3.29. The zero-order valence-electron chi connectivity index (χ0n) is 11.9. The first-order chi connectivity index (χ1) is 8.54. The monoisotopic (exact) mass is 277 g/mol. The van der Waals surface area contributed by atoms with Crippen molar-refractivity contribution in [3.8, 4) is 0 Å². The standard InChI is InChI=1S/C12H27N3O2S/c1-4-9-13-10-6-11-14(3)18(16,17)15(5-2)12-7-8-12/h12-13H,4-11H2,1-3H3. The second-order valence-electron chi connectivity index (χ2n) is 4.87. The number of nitrogens with zero attached hydrogens (tertiary/aromatic N) is 2. The molecule has 0 aromatic heterocycles. The van der Waals surface area contributed by atoms with Crippen molar-refractivity contribution in [2.75, 3.05) is 33.2 Å². The zero-order valence-corrected chi connectivity index (χ0v) is 12.7. The average molecular weight is 277 g/mol. The van der Waals surface area contributed by atoms with Gasteiger partial charge in [-0.25, -0.2) is 0 Å². The highest BCUT2D eigenvalue weighted by Gasteiger charge is 2.37. The van der Waals surface area contributed by atoms with E-state index in [1.165, 1.54) is 4.31 Å². The molecule has 0 heterocycles. The van der Waals surface area contributed by atoms with Crippen LogP contribution >= 0.6 is 0 Å². The summed E-state index contributed by atoms with van der Waals surface area (Å²) < 4.78 is 27.7. The van der Waals surface area contributed by atoms with E-state index in [-0.39, 0.29) is 6.04 Å². The van der Waals surface area contributed by atoms with Crippen molar-refractivity contribution < 1.29 is 8.42 Å². The minimum absolute atomic E-state index is 0.251. The maximum atomic E-state index is 12.3. The Morgan fingerprint density at radius 2 is 1.89 bits per heavy atom. The molecule has 0 amide bonds. The third-order valence-electron chi connectivity index (χ3n) is 3.21. The summed E-state index contributed by atoms with van der Waals surface area (Å²) in [7, 11) is -1.56. The van der Waals surface area contributed by atoms with Crippen molar-refractivity contribution in [1.29, 1.82) is 0 Å². The van der Waals surface area contributed by atoms with Crippen molar-refractivity contribution in [2.45, 2.75) is 45.6 Å². The fraction of sp³-hybridized carbons (Fsp3) is 1.00. The molecule has 5 nitrogen and oxygen atoms in total. The van der Waals surface area contributed by atoms with Crippen LogP contribution in [0.2, 0.25) is 0 Å². The van der Waals surface area contributed by atoms with Gasteiger partial charge in [0.15, 0.2) is 0 Å². The van der Waals surface area contributed by atoms with Crippen LogP contribution in [0, 0.1) is 0 Å². The Morgan fingerprint density at radius 1 is 1.22 bits per heavy atom. The van der Waals surface area contributed by atoms with E-state index in [1.807, 2.05) is 6.92 Å². The van der Waals surface area contributed by atoms with E-state index in [0.29, 0.717) is 13.1 Å². The number of hydrogen-bond acceptors (Lipinski definition) is 3. The summed E-state index contributed by atoms with van der Waals surface area (Å²) >= 11 is 0. The van der Waals surface area contributed by atoms with Crippen molar-refractivity contribution in [2.24, 2.45) is 0 Å². The van der Waals surface area contributed by atoms with Crippen LogP contribution in [-0.2, 0) is 10.2 Å². The van der Waals surface area contributed by atoms with Crippen LogP contribution in [-0.4, -0.2) is 56.3 Å². The van der Waals surface area contributed by atoms with E-state index in [2.05, 4.69) is 12.2 Å². The maximum absolute atomic E-state index is 12.3. The fourth-order valence-corrected chi connectivity index (χ4v) is 3.63. The maximum Gasteiger partial charge on any atom is 0.281 e. The molecule has 1 aliphatic rings. The van der Waals surface area contributed by atoms with Gasteiger partial charge in [-0.1, -0.05) is 13.8 Å². The predicted octanol–water partition coefficient (Wildman–Crippen LogP) is 1.04. The minimum atomic E-state index is -3.24. The Balaban J connectivity index is 2.36. The first-order valence-corrected chi connectivity index (χ1v) is 8.37. The van der Waals surface area contributed by atoms with Crippen LogP contribution in [0.5, 0.6) is 0 Å². The summed E-state index contributed by atoms with van der Waals surface area (Å²) in [5.74, 6) is 0. The Morgan fingerprint density at radius 3 is 2.39 bits per heavy atom. The van der Waals surface area contributed by atoms with Crippen molar-refractivity contribution >= 4 is 10.2 Å². The Bertz CT molecular complexity index is 328. The lowest BCUT2D eigenvalue weighted by Gasteiger charge is -2.26. The average Bonchev–Trinajstić information content (AvgIpc) is 3.13. The largest absolute Gasteiger partial charge is 0.317 e. The molecule has 0 saturated heterocycles. The van der Waals surface area contributed by atoms with Gasteiger partial charge < -0.3 is 5.32 Å². The molecule has 0 radical (unpaired) electrons. The summed E-state index contributed by atoms with van der Waals surface area (Å²) in [5.41, 5.74) is 0. The minimum Gasteiger partial charge on any atom is -0.317 e. The topological polar surface area (TPSA) is 52.7 Å². The third kappa shape index (κ3) is 4.50. The molecule has 1 saturated carbocycles. The number of nitrogens with one attached hydrogen (secondary N) is 1. The normalized spacial score (nSPS) is 16.7. The highest BCUT2D eigenvalue weighted by molar-refractivity contribution is 7.86. The molecule has 0 spiro atoms. The molecule has 0 unspecified atom stereocenters. The molecule has 0 aromatic carbocycles. The summed E-state index contributed by atoms with van der Waals surface area (Å²) in [6.45, 7) is 7.07. The van der Waals surface area contributed by atoms with Crippen LogP contribution in [0.3, 0.4) is 0 Å². The van der Waals surface area contributed by atoms with Crippen LogP contribution in [0.1, 0.15) is 39.5 Å². The van der Waals surface area contributed by atoms with Gasteiger partial charge in [-0.2, -0.15) is 17.0 Å². The van der Waals surface area contributed by atoms with E-state index < -0.39 is 10.2 Å². The lowest BCUT2D eigenvalue weighted by atomic mass is 10.4. The van der Waals surface area contributed by atoms with Crippen LogP contribution in [0.15, 0.2) is 0 Å². The van der Waals surface area contributed by atoms with Gasteiger partial charge in [-0.15, -0.1) is 0 Å². The number of hydrogen-bond donors (Lipinski definition) is 1. The highest BCUT2D eigenvalue weighted by atomic mass is 32.2. The molecule has 1 N–H and O–H groups in total. The molecular formula is C12H27N3O2S. The van der Waals surface area contributed by atoms with Gasteiger partial charge in [0.2, 0.25) is 0 Å². The first kappa shape index (κ1) is 15.9. The second kappa shape index (κ2) is 7.43. The summed E-state index contributed by atoms with van der Waals surface area (Å²) in [4.78, 5) is 0. The van der Waals surface area contributed by atoms with Gasteiger partial charge in [0.05, 0.1) is 0 Å². The predicted molar refractivity (Wildman–Crippen MR) is 74.7 cm³/mol. The van der Waals surface area contributed by atoms with Gasteiger partial charge in [0.25, 0.3) is 10.2 Å². The highest BCUT2D eigenvalue weighted by Crippen LogP contribution is 2.29. The van der Waals surface area contributed by atoms with E-state index in [9.17, 15) is 8.42 Å². The molecule has 0 aliphatic heterocycles. The second-order valence-corrected chi connectivity index (χ2v) is 6.86. The zero-order chi connectivity index (χ0) is 13.6. The molecule has 0 atom stereocenters. The molecule has 6 heteroatoms. The molecule has 1 fully saturated rings. The van der Waals surface area contributed by atoms with Gasteiger partial charge in [-0.3, -0.25) is 0 Å². The van der Waals surface area contributed by atoms with Crippen LogP contribution < -0.4 is 5.32 Å². The molecular weight excluding hydrogens is 250 g/mol. The van der Waals surface area contributed by atoms with Gasteiger partial charge in [0, 0.05) is 26.2 Å².